The fourth-order valence-corrected chi connectivity index (χ4v) is 4.42. The molecule has 2 rings (SSSR count). The summed E-state index contributed by atoms with van der Waals surface area (Å²) in [5.74, 6) is 0.564. The highest BCUT2D eigenvalue weighted by Crippen LogP contribution is 2.44. The van der Waals surface area contributed by atoms with Crippen LogP contribution in [0.1, 0.15) is 43.3 Å². The number of nitrogens with one attached hydrogen (secondary N) is 1. The van der Waals surface area contributed by atoms with Gasteiger partial charge in [0.2, 0.25) is 0 Å². The third-order valence-corrected chi connectivity index (χ3v) is 5.68. The van der Waals surface area contributed by atoms with E-state index in [0.717, 1.165) is 35.8 Å². The van der Waals surface area contributed by atoms with E-state index >= 15 is 0 Å². The van der Waals surface area contributed by atoms with Crippen LogP contribution in [0.25, 0.3) is 0 Å². The summed E-state index contributed by atoms with van der Waals surface area (Å²) in [6.45, 7) is 8.47. The molecule has 0 aliphatic heterocycles. The van der Waals surface area contributed by atoms with E-state index in [9.17, 15) is 4.79 Å². The fraction of sp³-hybridized carbons (Fsp3) is 0.667. The molecule has 0 bridgehead atoms. The maximum absolute atomic E-state index is 12.3. The Labute approximate surface area is 135 Å². The molecule has 1 aliphatic rings. The van der Waals surface area contributed by atoms with Gasteiger partial charge in [0, 0.05) is 19.1 Å². The van der Waals surface area contributed by atoms with Crippen LogP contribution in [-0.4, -0.2) is 31.3 Å². The number of carbonyl (C=O) groups excluding carboxylic acids is 1. The molecule has 0 saturated heterocycles. The van der Waals surface area contributed by atoms with Gasteiger partial charge in [-0.05, 0) is 31.9 Å². The largest absolute Gasteiger partial charge is 0.396 e. The zero-order chi connectivity index (χ0) is 15.6. The van der Waals surface area contributed by atoms with Gasteiger partial charge in [0.25, 0.3) is 5.91 Å². The minimum atomic E-state index is -0.0119. The minimum Gasteiger partial charge on any atom is -0.396 e. The fourth-order valence-electron chi connectivity index (χ4n) is 2.27. The molecule has 0 radical (unpaired) electrons. The normalized spacial score (nSPS) is 14.5. The van der Waals surface area contributed by atoms with Gasteiger partial charge in [0.1, 0.15) is 9.88 Å². The second kappa shape index (κ2) is 6.92. The van der Waals surface area contributed by atoms with E-state index in [0.29, 0.717) is 22.5 Å². The lowest BCUT2D eigenvalue weighted by Gasteiger charge is -2.24. The monoisotopic (exact) mass is 327 g/mol. The van der Waals surface area contributed by atoms with Gasteiger partial charge in [0.15, 0.2) is 0 Å². The van der Waals surface area contributed by atoms with Crippen molar-refractivity contribution >= 4 is 39.7 Å². The molecule has 3 N–H and O–H groups in total. The molecular formula is C15H25N3OS2. The first-order chi connectivity index (χ1) is 9.97. The first kappa shape index (κ1) is 16.5. The molecule has 1 heterocycles. The summed E-state index contributed by atoms with van der Waals surface area (Å²) in [7, 11) is 0. The predicted molar refractivity (Wildman–Crippen MR) is 93.7 cm³/mol. The molecule has 21 heavy (non-hydrogen) atoms. The maximum atomic E-state index is 12.3. The second-order valence-corrected chi connectivity index (χ2v) is 7.68. The smallest absolute Gasteiger partial charge is 0.263 e. The van der Waals surface area contributed by atoms with Gasteiger partial charge >= 0.3 is 0 Å². The summed E-state index contributed by atoms with van der Waals surface area (Å²) in [6, 6.07) is 0.359. The molecule has 1 aromatic rings. The van der Waals surface area contributed by atoms with Gasteiger partial charge in [-0.3, -0.25) is 4.79 Å². The summed E-state index contributed by atoms with van der Waals surface area (Å²) in [5, 5.41) is 4.17. The van der Waals surface area contributed by atoms with Crippen molar-refractivity contribution in [2.24, 2.45) is 5.92 Å². The Kier molecular flexibility index (Phi) is 5.43. The Morgan fingerprint density at radius 1 is 1.52 bits per heavy atom. The SMILES string of the molecule is CCN(CC(C)C)c1sc(C(=O)NC2CC2)c(N)c1SC. The molecule has 1 amide bonds. The Morgan fingerprint density at radius 2 is 2.19 bits per heavy atom. The van der Waals surface area contributed by atoms with E-state index in [1.54, 1.807) is 11.8 Å². The van der Waals surface area contributed by atoms with Crippen molar-refractivity contribution in [3.63, 3.8) is 0 Å². The number of nitrogens with two attached hydrogens (primary N) is 1. The van der Waals surface area contributed by atoms with Gasteiger partial charge in [-0.2, -0.15) is 0 Å². The van der Waals surface area contributed by atoms with Gasteiger partial charge in [-0.25, -0.2) is 0 Å². The minimum absolute atomic E-state index is 0.0119. The first-order valence-corrected chi connectivity index (χ1v) is 9.54. The summed E-state index contributed by atoms with van der Waals surface area (Å²) in [4.78, 5) is 16.4. The molecule has 1 aromatic heterocycles. The number of amides is 1. The van der Waals surface area contributed by atoms with Crippen molar-refractivity contribution in [3.8, 4) is 0 Å². The van der Waals surface area contributed by atoms with Crippen LogP contribution in [0.5, 0.6) is 0 Å². The van der Waals surface area contributed by atoms with Crippen molar-refractivity contribution < 1.29 is 4.79 Å². The molecule has 0 unspecified atom stereocenters. The Balaban J connectivity index is 2.29. The molecule has 0 spiro atoms. The number of hydrogen-bond acceptors (Lipinski definition) is 5. The molecular weight excluding hydrogens is 302 g/mol. The molecule has 1 fully saturated rings. The van der Waals surface area contributed by atoms with Crippen LogP contribution >= 0.6 is 23.1 Å². The van der Waals surface area contributed by atoms with Gasteiger partial charge < -0.3 is 16.0 Å². The predicted octanol–water partition coefficient (Wildman–Crippen LogP) is 3.43. The third-order valence-electron chi connectivity index (χ3n) is 3.46. The molecule has 4 nitrogen and oxygen atoms in total. The van der Waals surface area contributed by atoms with Crippen molar-refractivity contribution in [3.05, 3.63) is 4.88 Å². The lowest BCUT2D eigenvalue weighted by molar-refractivity contribution is 0.0956. The number of thiophene rings is 1. The Bertz CT molecular complexity index is 509. The Hall–Kier alpha value is -0.880. The van der Waals surface area contributed by atoms with Crippen LogP contribution in [0.3, 0.4) is 0 Å². The van der Waals surface area contributed by atoms with E-state index in [4.69, 9.17) is 5.73 Å². The summed E-state index contributed by atoms with van der Waals surface area (Å²) in [5.41, 5.74) is 6.88. The number of carbonyl (C=O) groups is 1. The molecule has 6 heteroatoms. The number of rotatable bonds is 7. The zero-order valence-electron chi connectivity index (χ0n) is 13.2. The number of thioether (sulfide) groups is 1. The van der Waals surface area contributed by atoms with Crippen molar-refractivity contribution in [1.82, 2.24) is 5.32 Å². The van der Waals surface area contributed by atoms with E-state index in [1.807, 2.05) is 6.26 Å². The maximum Gasteiger partial charge on any atom is 0.263 e. The van der Waals surface area contributed by atoms with Crippen LogP contribution in [0.15, 0.2) is 4.90 Å². The van der Waals surface area contributed by atoms with Crippen molar-refractivity contribution in [2.45, 2.75) is 44.6 Å². The Morgan fingerprint density at radius 3 is 2.67 bits per heavy atom. The van der Waals surface area contributed by atoms with E-state index in [1.165, 1.54) is 11.3 Å². The topological polar surface area (TPSA) is 58.4 Å². The average molecular weight is 328 g/mol. The number of hydrogen-bond donors (Lipinski definition) is 2. The lowest BCUT2D eigenvalue weighted by atomic mass is 10.2. The quantitative estimate of drug-likeness (QED) is 0.753. The third kappa shape index (κ3) is 3.86. The summed E-state index contributed by atoms with van der Waals surface area (Å²) in [6.07, 6.45) is 4.20. The molecule has 1 aliphatic carbocycles. The second-order valence-electron chi connectivity index (χ2n) is 5.86. The molecule has 1 saturated carbocycles. The molecule has 118 valence electrons. The molecule has 0 aromatic carbocycles. The van der Waals surface area contributed by atoms with Gasteiger partial charge in [-0.1, -0.05) is 13.8 Å². The average Bonchev–Trinajstić information content (AvgIpc) is 3.17. The van der Waals surface area contributed by atoms with Crippen LogP contribution in [0.2, 0.25) is 0 Å². The number of nitrogens with zero attached hydrogens (tertiary/aromatic N) is 1. The van der Waals surface area contributed by atoms with E-state index in [2.05, 4.69) is 31.0 Å². The van der Waals surface area contributed by atoms with Crippen molar-refractivity contribution in [1.29, 1.82) is 0 Å². The van der Waals surface area contributed by atoms with Crippen LogP contribution in [-0.2, 0) is 0 Å². The van der Waals surface area contributed by atoms with Crippen LogP contribution in [0, 0.1) is 5.92 Å². The van der Waals surface area contributed by atoms with Crippen LogP contribution < -0.4 is 16.0 Å². The highest BCUT2D eigenvalue weighted by atomic mass is 32.2. The summed E-state index contributed by atoms with van der Waals surface area (Å²) < 4.78 is 0. The van der Waals surface area contributed by atoms with Gasteiger partial charge in [-0.15, -0.1) is 23.1 Å². The standard InChI is InChI=1S/C15H25N3OS2/c1-5-18(8-9(2)3)15-13(20-4)11(16)12(21-15)14(19)17-10-6-7-10/h9-10H,5-8,16H2,1-4H3,(H,17,19). The number of nitrogen functional groups attached to an aromatic ring is 1. The van der Waals surface area contributed by atoms with E-state index < -0.39 is 0 Å². The highest BCUT2D eigenvalue weighted by molar-refractivity contribution is 7.99. The number of anilines is 2. The zero-order valence-corrected chi connectivity index (χ0v) is 14.9. The first-order valence-electron chi connectivity index (χ1n) is 7.49. The van der Waals surface area contributed by atoms with E-state index in [-0.39, 0.29) is 5.91 Å². The van der Waals surface area contributed by atoms with Crippen LogP contribution in [0.4, 0.5) is 10.7 Å². The van der Waals surface area contributed by atoms with Gasteiger partial charge in [0.05, 0.1) is 10.6 Å². The highest BCUT2D eigenvalue weighted by Gasteiger charge is 2.28. The molecule has 0 atom stereocenters. The van der Waals surface area contributed by atoms with Crippen molar-refractivity contribution in [2.75, 3.05) is 30.0 Å². The lowest BCUT2D eigenvalue weighted by Crippen LogP contribution is -2.26. The summed E-state index contributed by atoms with van der Waals surface area (Å²) >= 11 is 3.16.